The molecule has 0 spiro atoms. The topological polar surface area (TPSA) is 72.0 Å². The number of hydrogen-bond acceptors (Lipinski definition) is 5. The molecule has 5 rings (SSSR count). The smallest absolute Gasteiger partial charge is 0.217 e. The van der Waals surface area contributed by atoms with Gasteiger partial charge >= 0.3 is 0 Å². The van der Waals surface area contributed by atoms with Gasteiger partial charge in [0.15, 0.2) is 0 Å². The number of hydrogen-bond donors (Lipinski definition) is 1. The van der Waals surface area contributed by atoms with Crippen LogP contribution in [-0.2, 0) is 18.3 Å². The summed E-state index contributed by atoms with van der Waals surface area (Å²) in [5.41, 5.74) is 3.95. The minimum atomic E-state index is -0.294. The van der Waals surface area contributed by atoms with E-state index in [9.17, 15) is 5.11 Å². The zero-order chi connectivity index (χ0) is 17.9. The third-order valence-corrected chi connectivity index (χ3v) is 6.31. The molecule has 0 fully saturated rings. The van der Waals surface area contributed by atoms with Crippen molar-refractivity contribution in [2.45, 2.75) is 44.4 Å². The van der Waals surface area contributed by atoms with E-state index in [1.807, 2.05) is 19.2 Å². The van der Waals surface area contributed by atoms with Crippen molar-refractivity contribution in [2.24, 2.45) is 5.92 Å². The maximum Gasteiger partial charge on any atom is 0.217 e. The van der Waals surface area contributed by atoms with Gasteiger partial charge in [-0.3, -0.25) is 0 Å². The van der Waals surface area contributed by atoms with E-state index < -0.39 is 0 Å². The highest BCUT2D eigenvalue weighted by Crippen LogP contribution is 2.57. The number of aryl methyl sites for hydroxylation is 1. The van der Waals surface area contributed by atoms with Crippen molar-refractivity contribution in [3.63, 3.8) is 0 Å². The van der Waals surface area contributed by atoms with E-state index in [-0.39, 0.29) is 17.2 Å². The van der Waals surface area contributed by atoms with Crippen molar-refractivity contribution in [1.82, 2.24) is 15.1 Å². The van der Waals surface area contributed by atoms with Crippen LogP contribution in [-0.4, -0.2) is 20.2 Å². The Bertz CT molecular complexity index is 982. The van der Waals surface area contributed by atoms with Crippen LogP contribution < -0.4 is 0 Å². The summed E-state index contributed by atoms with van der Waals surface area (Å²) >= 11 is 0. The van der Waals surface area contributed by atoms with Crippen molar-refractivity contribution in [3.8, 4) is 5.88 Å². The predicted octanol–water partition coefficient (Wildman–Crippen LogP) is 3.69. The van der Waals surface area contributed by atoms with Crippen molar-refractivity contribution in [2.75, 3.05) is 0 Å². The quantitative estimate of drug-likeness (QED) is 0.727. The fourth-order valence-corrected chi connectivity index (χ4v) is 5.24. The second-order valence-electron chi connectivity index (χ2n) is 7.58. The van der Waals surface area contributed by atoms with E-state index in [0.717, 1.165) is 41.8 Å². The number of benzene rings is 1. The summed E-state index contributed by atoms with van der Waals surface area (Å²) in [4.78, 5) is 9.09. The Morgan fingerprint density at radius 1 is 1.19 bits per heavy atom. The van der Waals surface area contributed by atoms with Crippen LogP contribution in [0.25, 0.3) is 0 Å². The molecule has 0 radical (unpaired) electrons. The Hall–Kier alpha value is -2.69. The molecule has 5 heteroatoms. The maximum atomic E-state index is 10.5. The van der Waals surface area contributed by atoms with E-state index in [1.165, 1.54) is 5.56 Å². The fraction of sp³-hybridized carbons (Fsp3) is 0.381. The Kier molecular flexibility index (Phi) is 3.23. The molecule has 2 aliphatic rings. The monoisotopic (exact) mass is 347 g/mol. The van der Waals surface area contributed by atoms with Gasteiger partial charge in [-0.1, -0.05) is 42.4 Å². The first-order valence-corrected chi connectivity index (χ1v) is 9.17. The Labute approximate surface area is 152 Å². The zero-order valence-electron chi connectivity index (χ0n) is 14.9. The molecule has 0 unspecified atom stereocenters. The predicted molar refractivity (Wildman–Crippen MR) is 96.1 cm³/mol. The number of rotatable bonds is 1. The molecule has 3 aromatic rings. The summed E-state index contributed by atoms with van der Waals surface area (Å²) in [7, 11) is 0. The average Bonchev–Trinajstić information content (AvgIpc) is 3.11. The summed E-state index contributed by atoms with van der Waals surface area (Å²) in [6.45, 7) is 4.07. The van der Waals surface area contributed by atoms with Crippen LogP contribution in [0.1, 0.15) is 53.2 Å². The molecule has 1 N–H and O–H groups in total. The van der Waals surface area contributed by atoms with Crippen LogP contribution >= 0.6 is 0 Å². The van der Waals surface area contributed by atoms with E-state index in [1.54, 1.807) is 0 Å². The van der Waals surface area contributed by atoms with Gasteiger partial charge in [-0.25, -0.2) is 4.98 Å². The summed E-state index contributed by atoms with van der Waals surface area (Å²) in [5.74, 6) is 2.32. The lowest BCUT2D eigenvalue weighted by molar-refractivity contribution is 0.186. The standard InChI is InChI=1S/C21H21N3O2/c1-12-17-9-8-16-19(23-13(2)24-20(16)25)21(17,15-6-4-3-5-7-15)10-14-11-22-26-18(12)14/h3-7,11-12,17H,8-10H2,1-2H3,(H,23,24,25)/t12-,17-,21+/m0/s1. The minimum Gasteiger partial charge on any atom is -0.493 e. The molecule has 2 aromatic heterocycles. The van der Waals surface area contributed by atoms with Crippen LogP contribution in [0.15, 0.2) is 41.1 Å². The first-order chi connectivity index (χ1) is 12.6. The molecular formula is C21H21N3O2. The lowest BCUT2D eigenvalue weighted by atomic mass is 9.53. The fourth-order valence-electron chi connectivity index (χ4n) is 5.24. The third kappa shape index (κ3) is 1.94. The van der Waals surface area contributed by atoms with E-state index in [4.69, 9.17) is 9.51 Å². The number of aromatic nitrogens is 3. The Balaban J connectivity index is 1.85. The lowest BCUT2D eigenvalue weighted by Gasteiger charge is -2.49. The number of fused-ring (bicyclic) bond motifs is 4. The van der Waals surface area contributed by atoms with Gasteiger partial charge in [0.2, 0.25) is 5.88 Å². The lowest BCUT2D eigenvalue weighted by Crippen LogP contribution is -2.48. The molecule has 132 valence electrons. The second kappa shape index (κ2) is 5.40. The van der Waals surface area contributed by atoms with Gasteiger partial charge < -0.3 is 9.63 Å². The second-order valence-corrected chi connectivity index (χ2v) is 7.58. The molecule has 0 bridgehead atoms. The average molecular weight is 347 g/mol. The summed E-state index contributed by atoms with van der Waals surface area (Å²) < 4.78 is 5.60. The molecule has 0 saturated carbocycles. The highest BCUT2D eigenvalue weighted by molar-refractivity contribution is 5.50. The molecule has 2 aliphatic carbocycles. The maximum absolute atomic E-state index is 10.5. The summed E-state index contributed by atoms with van der Waals surface area (Å²) in [6.07, 6.45) is 4.38. The van der Waals surface area contributed by atoms with Crippen LogP contribution in [0, 0.1) is 12.8 Å². The number of nitrogens with zero attached hydrogens (tertiary/aromatic N) is 3. The van der Waals surface area contributed by atoms with Crippen LogP contribution in [0.4, 0.5) is 0 Å². The molecular weight excluding hydrogens is 326 g/mol. The molecule has 26 heavy (non-hydrogen) atoms. The minimum absolute atomic E-state index is 0.130. The molecule has 3 atom stereocenters. The normalized spacial score (nSPS) is 26.7. The molecule has 1 aromatic carbocycles. The first kappa shape index (κ1) is 15.6. The van der Waals surface area contributed by atoms with Gasteiger partial charge in [0, 0.05) is 22.5 Å². The van der Waals surface area contributed by atoms with Crippen molar-refractivity contribution in [3.05, 3.63) is 70.5 Å². The van der Waals surface area contributed by atoms with Gasteiger partial charge in [0.05, 0.1) is 11.9 Å². The Morgan fingerprint density at radius 3 is 2.81 bits per heavy atom. The van der Waals surface area contributed by atoms with Gasteiger partial charge in [-0.2, -0.15) is 4.98 Å². The van der Waals surface area contributed by atoms with Gasteiger partial charge in [-0.05, 0) is 37.7 Å². The van der Waals surface area contributed by atoms with Crippen LogP contribution in [0.2, 0.25) is 0 Å². The highest BCUT2D eigenvalue weighted by Gasteiger charge is 2.54. The largest absolute Gasteiger partial charge is 0.493 e. The van der Waals surface area contributed by atoms with E-state index >= 15 is 0 Å². The SMILES string of the molecule is Cc1nc(O)c2c(n1)[C@@]1(c3ccccc3)Cc3cnoc3[C@@H](C)[C@@H]1CC2. The van der Waals surface area contributed by atoms with Crippen molar-refractivity contribution in [1.29, 1.82) is 0 Å². The first-order valence-electron chi connectivity index (χ1n) is 9.17. The van der Waals surface area contributed by atoms with Crippen LogP contribution in [0.5, 0.6) is 5.88 Å². The Morgan fingerprint density at radius 2 is 2.00 bits per heavy atom. The molecule has 2 heterocycles. The van der Waals surface area contributed by atoms with Gasteiger partial charge in [-0.15, -0.1) is 0 Å². The summed E-state index contributed by atoms with van der Waals surface area (Å²) in [6, 6.07) is 10.6. The van der Waals surface area contributed by atoms with Crippen LogP contribution in [0.3, 0.4) is 0 Å². The zero-order valence-corrected chi connectivity index (χ0v) is 14.9. The molecule has 0 aliphatic heterocycles. The molecule has 5 nitrogen and oxygen atoms in total. The third-order valence-electron chi connectivity index (χ3n) is 6.31. The highest BCUT2D eigenvalue weighted by atomic mass is 16.5. The van der Waals surface area contributed by atoms with E-state index in [0.29, 0.717) is 11.7 Å². The van der Waals surface area contributed by atoms with Crippen molar-refractivity contribution >= 4 is 0 Å². The number of aromatic hydroxyl groups is 1. The van der Waals surface area contributed by atoms with Crippen molar-refractivity contribution < 1.29 is 9.63 Å². The summed E-state index contributed by atoms with van der Waals surface area (Å²) in [5, 5.41) is 14.6. The molecule has 0 amide bonds. The molecule has 0 saturated heterocycles. The van der Waals surface area contributed by atoms with E-state index in [2.05, 4.69) is 41.3 Å². The van der Waals surface area contributed by atoms with Gasteiger partial charge in [0.1, 0.15) is 11.6 Å². The van der Waals surface area contributed by atoms with Gasteiger partial charge in [0.25, 0.3) is 0 Å².